The van der Waals surface area contributed by atoms with E-state index in [1.807, 2.05) is 49.4 Å². The molecule has 1 heterocycles. The van der Waals surface area contributed by atoms with Gasteiger partial charge >= 0.3 is 0 Å². The number of amides is 2. The Bertz CT molecular complexity index is 915. The van der Waals surface area contributed by atoms with Gasteiger partial charge in [0.15, 0.2) is 11.5 Å². The van der Waals surface area contributed by atoms with E-state index in [-0.39, 0.29) is 24.2 Å². The molecule has 2 amide bonds. The first-order valence-corrected chi connectivity index (χ1v) is 10.5. The highest BCUT2D eigenvalue weighted by molar-refractivity contribution is 5.89. The van der Waals surface area contributed by atoms with Gasteiger partial charge in [-0.25, -0.2) is 0 Å². The lowest BCUT2D eigenvalue weighted by Gasteiger charge is -2.17. The third kappa shape index (κ3) is 5.90. The quantitative estimate of drug-likeness (QED) is 0.632. The summed E-state index contributed by atoms with van der Waals surface area (Å²) in [4.78, 5) is 26.8. The summed E-state index contributed by atoms with van der Waals surface area (Å²) in [5.41, 5.74) is 2.02. The first-order valence-electron chi connectivity index (χ1n) is 10.5. The standard InChI is InChI=1S/C24H30N2O5/c1-4-31-20-7-5-6-18(12-20)15-25-24(28)19-14-23(27)26(16-19)11-10-17-8-9-21(29-2)22(13-17)30-3/h5-9,12-13,19H,4,10-11,14-16H2,1-3H3,(H,25,28)/t19-/m1/s1. The van der Waals surface area contributed by atoms with Gasteiger partial charge in [-0.05, 0) is 48.7 Å². The second-order valence-electron chi connectivity index (χ2n) is 7.48. The number of rotatable bonds is 10. The molecular formula is C24H30N2O5. The lowest BCUT2D eigenvalue weighted by atomic mass is 10.1. The summed E-state index contributed by atoms with van der Waals surface area (Å²) >= 11 is 0. The van der Waals surface area contributed by atoms with Crippen LogP contribution < -0.4 is 19.5 Å². The molecule has 7 heteroatoms. The second kappa shape index (κ2) is 10.7. The molecule has 1 aliphatic rings. The molecule has 0 bridgehead atoms. The average molecular weight is 427 g/mol. The van der Waals surface area contributed by atoms with Gasteiger partial charge in [-0.2, -0.15) is 0 Å². The van der Waals surface area contributed by atoms with Crippen LogP contribution in [0.1, 0.15) is 24.5 Å². The zero-order valence-electron chi connectivity index (χ0n) is 18.3. The number of carbonyl (C=O) groups excluding carboxylic acids is 2. The summed E-state index contributed by atoms with van der Waals surface area (Å²) in [6, 6.07) is 13.4. The Morgan fingerprint density at radius 3 is 2.65 bits per heavy atom. The van der Waals surface area contributed by atoms with Gasteiger partial charge in [0.2, 0.25) is 11.8 Å². The lowest BCUT2D eigenvalue weighted by Crippen LogP contribution is -2.33. The minimum Gasteiger partial charge on any atom is -0.494 e. The first kappa shape index (κ1) is 22.5. The highest BCUT2D eigenvalue weighted by atomic mass is 16.5. The van der Waals surface area contributed by atoms with E-state index in [0.29, 0.717) is 44.2 Å². The largest absolute Gasteiger partial charge is 0.494 e. The van der Waals surface area contributed by atoms with Crippen molar-refractivity contribution in [1.82, 2.24) is 10.2 Å². The Labute approximate surface area is 183 Å². The Morgan fingerprint density at radius 2 is 1.90 bits per heavy atom. The summed E-state index contributed by atoms with van der Waals surface area (Å²) in [7, 11) is 3.20. The third-order valence-electron chi connectivity index (χ3n) is 5.38. The molecule has 0 radical (unpaired) electrons. The van der Waals surface area contributed by atoms with Crippen LogP contribution in [0.25, 0.3) is 0 Å². The van der Waals surface area contributed by atoms with Gasteiger partial charge in [-0.15, -0.1) is 0 Å². The molecule has 3 rings (SSSR count). The fourth-order valence-corrected chi connectivity index (χ4v) is 3.71. The Morgan fingerprint density at radius 1 is 1.10 bits per heavy atom. The predicted molar refractivity (Wildman–Crippen MR) is 117 cm³/mol. The molecule has 0 aliphatic carbocycles. The second-order valence-corrected chi connectivity index (χ2v) is 7.48. The molecule has 166 valence electrons. The molecule has 1 atom stereocenters. The minimum atomic E-state index is -0.326. The van der Waals surface area contributed by atoms with Crippen molar-refractivity contribution in [1.29, 1.82) is 0 Å². The van der Waals surface area contributed by atoms with E-state index in [1.165, 1.54) is 0 Å². The van der Waals surface area contributed by atoms with Crippen molar-refractivity contribution in [3.8, 4) is 17.2 Å². The number of hydrogen-bond donors (Lipinski definition) is 1. The smallest absolute Gasteiger partial charge is 0.225 e. The number of ether oxygens (including phenoxy) is 3. The number of carbonyl (C=O) groups is 2. The number of nitrogens with zero attached hydrogens (tertiary/aromatic N) is 1. The number of benzene rings is 2. The molecule has 0 unspecified atom stereocenters. The van der Waals surface area contributed by atoms with E-state index >= 15 is 0 Å². The molecule has 2 aromatic carbocycles. The van der Waals surface area contributed by atoms with Crippen LogP contribution >= 0.6 is 0 Å². The SMILES string of the molecule is CCOc1cccc(CNC(=O)[C@@H]2CC(=O)N(CCc3ccc(OC)c(OC)c3)C2)c1. The molecule has 0 aromatic heterocycles. The monoisotopic (exact) mass is 426 g/mol. The highest BCUT2D eigenvalue weighted by Gasteiger charge is 2.33. The van der Waals surface area contributed by atoms with Gasteiger partial charge in [0.05, 0.1) is 26.7 Å². The molecule has 1 N–H and O–H groups in total. The molecular weight excluding hydrogens is 396 g/mol. The Hall–Kier alpha value is -3.22. The summed E-state index contributed by atoms with van der Waals surface area (Å²) < 4.78 is 16.1. The maximum atomic E-state index is 12.6. The van der Waals surface area contributed by atoms with Crippen LogP contribution in [-0.2, 0) is 22.6 Å². The van der Waals surface area contributed by atoms with Crippen LogP contribution in [0.5, 0.6) is 17.2 Å². The lowest BCUT2D eigenvalue weighted by molar-refractivity contribution is -0.129. The number of nitrogens with one attached hydrogen (secondary N) is 1. The van der Waals surface area contributed by atoms with Gasteiger partial charge in [0.25, 0.3) is 0 Å². The molecule has 0 saturated carbocycles. The van der Waals surface area contributed by atoms with Crippen molar-refractivity contribution >= 4 is 11.8 Å². The predicted octanol–water partition coefficient (Wildman–Crippen LogP) is 2.81. The van der Waals surface area contributed by atoms with Gasteiger partial charge in [0.1, 0.15) is 5.75 Å². The van der Waals surface area contributed by atoms with Crippen LogP contribution in [0.4, 0.5) is 0 Å². The maximum Gasteiger partial charge on any atom is 0.225 e. The van der Waals surface area contributed by atoms with Crippen molar-refractivity contribution < 1.29 is 23.8 Å². The molecule has 31 heavy (non-hydrogen) atoms. The zero-order chi connectivity index (χ0) is 22.2. The summed E-state index contributed by atoms with van der Waals surface area (Å²) in [6.07, 6.45) is 0.932. The molecule has 0 spiro atoms. The Kier molecular flexibility index (Phi) is 7.76. The molecule has 1 aliphatic heterocycles. The van der Waals surface area contributed by atoms with E-state index in [1.54, 1.807) is 19.1 Å². The first-order chi connectivity index (χ1) is 15.0. The van der Waals surface area contributed by atoms with E-state index < -0.39 is 0 Å². The molecule has 7 nitrogen and oxygen atoms in total. The normalized spacial score (nSPS) is 15.6. The van der Waals surface area contributed by atoms with E-state index in [9.17, 15) is 9.59 Å². The van der Waals surface area contributed by atoms with Gasteiger partial charge in [0, 0.05) is 26.1 Å². The summed E-state index contributed by atoms with van der Waals surface area (Å²) in [5.74, 6) is 1.72. The highest BCUT2D eigenvalue weighted by Crippen LogP contribution is 2.28. The van der Waals surface area contributed by atoms with Crippen molar-refractivity contribution in [2.24, 2.45) is 5.92 Å². The summed E-state index contributed by atoms with van der Waals surface area (Å²) in [5, 5.41) is 2.95. The molecule has 1 fully saturated rings. The Balaban J connectivity index is 1.50. The fourth-order valence-electron chi connectivity index (χ4n) is 3.71. The number of methoxy groups -OCH3 is 2. The van der Waals surface area contributed by atoms with Gasteiger partial charge < -0.3 is 24.4 Å². The number of likely N-dealkylation sites (tertiary alicyclic amines) is 1. The summed E-state index contributed by atoms with van der Waals surface area (Å²) in [6.45, 7) is 3.95. The van der Waals surface area contributed by atoms with Crippen LogP contribution in [0.2, 0.25) is 0 Å². The third-order valence-corrected chi connectivity index (χ3v) is 5.38. The van der Waals surface area contributed by atoms with Crippen LogP contribution in [0, 0.1) is 5.92 Å². The fraction of sp³-hybridized carbons (Fsp3) is 0.417. The van der Waals surface area contributed by atoms with Crippen LogP contribution in [0.15, 0.2) is 42.5 Å². The van der Waals surface area contributed by atoms with Crippen LogP contribution in [-0.4, -0.2) is 50.6 Å². The van der Waals surface area contributed by atoms with Crippen molar-refractivity contribution in [3.05, 3.63) is 53.6 Å². The average Bonchev–Trinajstić information content (AvgIpc) is 3.17. The van der Waals surface area contributed by atoms with Crippen LogP contribution in [0.3, 0.4) is 0 Å². The molecule has 2 aromatic rings. The van der Waals surface area contributed by atoms with Gasteiger partial charge in [-0.3, -0.25) is 9.59 Å². The van der Waals surface area contributed by atoms with E-state index in [2.05, 4.69) is 5.32 Å². The van der Waals surface area contributed by atoms with Crippen molar-refractivity contribution in [3.63, 3.8) is 0 Å². The topological polar surface area (TPSA) is 77.1 Å². The van der Waals surface area contributed by atoms with Gasteiger partial charge in [-0.1, -0.05) is 18.2 Å². The minimum absolute atomic E-state index is 0.0129. The van der Waals surface area contributed by atoms with E-state index in [0.717, 1.165) is 16.9 Å². The molecule has 1 saturated heterocycles. The maximum absolute atomic E-state index is 12.6. The van der Waals surface area contributed by atoms with E-state index in [4.69, 9.17) is 14.2 Å². The number of hydrogen-bond acceptors (Lipinski definition) is 5. The zero-order valence-corrected chi connectivity index (χ0v) is 18.3. The van der Waals surface area contributed by atoms with Crippen molar-refractivity contribution in [2.75, 3.05) is 33.9 Å². The van der Waals surface area contributed by atoms with Crippen molar-refractivity contribution in [2.45, 2.75) is 26.3 Å².